The van der Waals surface area contributed by atoms with Crippen LogP contribution in [0, 0.1) is 0 Å². The van der Waals surface area contributed by atoms with Crippen LogP contribution in [-0.4, -0.2) is 34.7 Å². The third-order valence-corrected chi connectivity index (χ3v) is 4.01. The standard InChI is InChI=1S/C19H33N3O3/c1-19(2,3)21-20-16(23)12-10-8-6-4-5-7-9-11-15-22-17(24)13-14-18(22)25/h13-14,21H,4-12,15H2,1-3H3,(H,20,23). The molecule has 0 radical (unpaired) electrons. The molecule has 25 heavy (non-hydrogen) atoms. The lowest BCUT2D eigenvalue weighted by atomic mass is 10.1. The summed E-state index contributed by atoms with van der Waals surface area (Å²) in [6, 6.07) is 0. The number of nitrogens with zero attached hydrogens (tertiary/aromatic N) is 1. The molecule has 142 valence electrons. The average Bonchev–Trinajstić information content (AvgIpc) is 2.85. The van der Waals surface area contributed by atoms with Gasteiger partial charge in [-0.25, -0.2) is 5.43 Å². The van der Waals surface area contributed by atoms with Crippen molar-refractivity contribution in [2.24, 2.45) is 0 Å². The Hall–Kier alpha value is -1.69. The van der Waals surface area contributed by atoms with Crippen molar-refractivity contribution in [2.45, 2.75) is 84.1 Å². The largest absolute Gasteiger partial charge is 0.291 e. The molecule has 0 aromatic carbocycles. The molecule has 0 fully saturated rings. The van der Waals surface area contributed by atoms with Gasteiger partial charge in [0.2, 0.25) is 5.91 Å². The van der Waals surface area contributed by atoms with Gasteiger partial charge in [0, 0.05) is 30.7 Å². The zero-order chi connectivity index (χ0) is 18.7. The van der Waals surface area contributed by atoms with E-state index in [4.69, 9.17) is 0 Å². The Morgan fingerprint density at radius 2 is 1.36 bits per heavy atom. The van der Waals surface area contributed by atoms with Gasteiger partial charge in [-0.3, -0.25) is 24.7 Å². The van der Waals surface area contributed by atoms with Crippen molar-refractivity contribution in [3.05, 3.63) is 12.2 Å². The second-order valence-electron chi connectivity index (χ2n) is 7.66. The van der Waals surface area contributed by atoms with Crippen molar-refractivity contribution in [1.82, 2.24) is 15.8 Å². The van der Waals surface area contributed by atoms with Crippen LogP contribution in [0.4, 0.5) is 0 Å². The molecular formula is C19H33N3O3. The highest BCUT2D eigenvalue weighted by Gasteiger charge is 2.22. The molecule has 3 amide bonds. The maximum absolute atomic E-state index is 11.6. The molecule has 6 nitrogen and oxygen atoms in total. The molecule has 0 saturated heterocycles. The Morgan fingerprint density at radius 1 is 0.880 bits per heavy atom. The van der Waals surface area contributed by atoms with Crippen molar-refractivity contribution in [1.29, 1.82) is 0 Å². The smallest absolute Gasteiger partial charge is 0.253 e. The predicted molar refractivity (Wildman–Crippen MR) is 98.4 cm³/mol. The molecule has 1 rings (SSSR count). The molecule has 0 aromatic rings. The summed E-state index contributed by atoms with van der Waals surface area (Å²) in [4.78, 5) is 35.7. The van der Waals surface area contributed by atoms with Crippen LogP contribution in [-0.2, 0) is 14.4 Å². The number of imide groups is 1. The van der Waals surface area contributed by atoms with E-state index in [0.717, 1.165) is 44.9 Å². The van der Waals surface area contributed by atoms with Gasteiger partial charge in [-0.2, -0.15) is 0 Å². The number of unbranched alkanes of at least 4 members (excludes halogenated alkanes) is 7. The Bertz CT molecular complexity index is 463. The van der Waals surface area contributed by atoms with Gasteiger partial charge in [0.15, 0.2) is 0 Å². The number of rotatable bonds is 12. The fraction of sp³-hybridized carbons (Fsp3) is 0.737. The lowest BCUT2D eigenvalue weighted by Gasteiger charge is -2.20. The van der Waals surface area contributed by atoms with Gasteiger partial charge in [0.25, 0.3) is 11.8 Å². The van der Waals surface area contributed by atoms with Crippen molar-refractivity contribution in [2.75, 3.05) is 6.54 Å². The first-order valence-corrected chi connectivity index (χ1v) is 9.39. The van der Waals surface area contributed by atoms with Crippen molar-refractivity contribution < 1.29 is 14.4 Å². The van der Waals surface area contributed by atoms with Gasteiger partial charge >= 0.3 is 0 Å². The van der Waals surface area contributed by atoms with Crippen LogP contribution in [0.3, 0.4) is 0 Å². The molecule has 1 aliphatic heterocycles. The molecule has 0 saturated carbocycles. The number of carbonyl (C=O) groups excluding carboxylic acids is 3. The second-order valence-corrected chi connectivity index (χ2v) is 7.66. The fourth-order valence-corrected chi connectivity index (χ4v) is 2.59. The molecule has 0 spiro atoms. The molecular weight excluding hydrogens is 318 g/mol. The fourth-order valence-electron chi connectivity index (χ4n) is 2.59. The summed E-state index contributed by atoms with van der Waals surface area (Å²) in [6.07, 6.45) is 11.8. The van der Waals surface area contributed by atoms with Gasteiger partial charge in [-0.1, -0.05) is 38.5 Å². The summed E-state index contributed by atoms with van der Waals surface area (Å²) >= 11 is 0. The summed E-state index contributed by atoms with van der Waals surface area (Å²) in [5.41, 5.74) is 5.60. The number of amides is 3. The van der Waals surface area contributed by atoms with E-state index in [1.807, 2.05) is 20.8 Å². The molecule has 6 heteroatoms. The zero-order valence-electron chi connectivity index (χ0n) is 15.9. The van der Waals surface area contributed by atoms with E-state index in [-0.39, 0.29) is 23.3 Å². The summed E-state index contributed by atoms with van der Waals surface area (Å²) in [6.45, 7) is 6.55. The summed E-state index contributed by atoms with van der Waals surface area (Å²) in [5.74, 6) is -0.325. The third kappa shape index (κ3) is 10.0. The summed E-state index contributed by atoms with van der Waals surface area (Å²) in [5, 5.41) is 0. The van der Waals surface area contributed by atoms with Gasteiger partial charge in [-0.05, 0) is 33.6 Å². The molecule has 0 aliphatic carbocycles. The molecule has 0 unspecified atom stereocenters. The highest BCUT2D eigenvalue weighted by atomic mass is 16.2. The van der Waals surface area contributed by atoms with E-state index in [0.29, 0.717) is 13.0 Å². The predicted octanol–water partition coefficient (Wildman–Crippen LogP) is 2.84. The third-order valence-electron chi connectivity index (χ3n) is 4.01. The van der Waals surface area contributed by atoms with Gasteiger partial charge < -0.3 is 0 Å². The lowest BCUT2D eigenvalue weighted by molar-refractivity contribution is -0.136. The van der Waals surface area contributed by atoms with Crippen molar-refractivity contribution in [3.8, 4) is 0 Å². The topological polar surface area (TPSA) is 78.5 Å². The summed E-state index contributed by atoms with van der Waals surface area (Å²) in [7, 11) is 0. The molecule has 1 aliphatic rings. The van der Waals surface area contributed by atoms with E-state index in [1.165, 1.54) is 23.5 Å². The highest BCUT2D eigenvalue weighted by molar-refractivity contribution is 6.12. The summed E-state index contributed by atoms with van der Waals surface area (Å²) < 4.78 is 0. The van der Waals surface area contributed by atoms with E-state index in [1.54, 1.807) is 0 Å². The normalized spacial score (nSPS) is 14.4. The van der Waals surface area contributed by atoms with Gasteiger partial charge in [-0.15, -0.1) is 0 Å². The molecule has 2 N–H and O–H groups in total. The zero-order valence-corrected chi connectivity index (χ0v) is 15.9. The lowest BCUT2D eigenvalue weighted by Crippen LogP contribution is -2.48. The van der Waals surface area contributed by atoms with E-state index < -0.39 is 0 Å². The highest BCUT2D eigenvalue weighted by Crippen LogP contribution is 2.11. The first kappa shape index (κ1) is 21.4. The molecule has 0 atom stereocenters. The Kier molecular flexibility index (Phi) is 9.42. The van der Waals surface area contributed by atoms with Crippen LogP contribution in [0.15, 0.2) is 12.2 Å². The maximum atomic E-state index is 11.6. The Balaban J connectivity index is 1.87. The van der Waals surface area contributed by atoms with Gasteiger partial charge in [0.1, 0.15) is 0 Å². The van der Waals surface area contributed by atoms with Crippen molar-refractivity contribution in [3.63, 3.8) is 0 Å². The number of hydrogen-bond acceptors (Lipinski definition) is 4. The first-order chi connectivity index (χ1) is 11.8. The second kappa shape index (κ2) is 11.0. The quantitative estimate of drug-likeness (QED) is 0.322. The van der Waals surface area contributed by atoms with E-state index >= 15 is 0 Å². The molecule has 0 bridgehead atoms. The van der Waals surface area contributed by atoms with Gasteiger partial charge in [0.05, 0.1) is 0 Å². The van der Waals surface area contributed by atoms with Crippen LogP contribution >= 0.6 is 0 Å². The minimum atomic E-state index is -0.188. The first-order valence-electron chi connectivity index (χ1n) is 9.39. The van der Waals surface area contributed by atoms with Crippen LogP contribution in [0.5, 0.6) is 0 Å². The monoisotopic (exact) mass is 351 g/mol. The van der Waals surface area contributed by atoms with Crippen LogP contribution in [0.1, 0.15) is 78.6 Å². The Morgan fingerprint density at radius 3 is 1.88 bits per heavy atom. The number of hydrazine groups is 1. The van der Waals surface area contributed by atoms with Crippen LogP contribution in [0.25, 0.3) is 0 Å². The Labute approximate surface area is 151 Å². The molecule has 1 heterocycles. The number of hydrogen-bond donors (Lipinski definition) is 2. The van der Waals surface area contributed by atoms with Crippen LogP contribution < -0.4 is 10.9 Å². The minimum Gasteiger partial charge on any atom is -0.291 e. The SMILES string of the molecule is CC(C)(C)NNC(=O)CCCCCCCCCCN1C(=O)C=CC1=O. The number of nitrogens with one attached hydrogen (secondary N) is 2. The molecule has 0 aromatic heterocycles. The average molecular weight is 351 g/mol. The number of carbonyl (C=O) groups is 3. The van der Waals surface area contributed by atoms with Crippen molar-refractivity contribution >= 4 is 17.7 Å². The van der Waals surface area contributed by atoms with E-state index in [2.05, 4.69) is 10.9 Å². The van der Waals surface area contributed by atoms with Crippen LogP contribution in [0.2, 0.25) is 0 Å². The van der Waals surface area contributed by atoms with E-state index in [9.17, 15) is 14.4 Å². The maximum Gasteiger partial charge on any atom is 0.253 e. The minimum absolute atomic E-state index is 0.0513.